The number of halogens is 2. The lowest BCUT2D eigenvalue weighted by Gasteiger charge is -2.11. The monoisotopic (exact) mass is 391 g/mol. The van der Waals surface area contributed by atoms with Gasteiger partial charge in [0.2, 0.25) is 0 Å². The van der Waals surface area contributed by atoms with Gasteiger partial charge in [0.05, 0.1) is 7.11 Å². The highest BCUT2D eigenvalue weighted by atomic mass is 19.3. The fourth-order valence-corrected chi connectivity index (χ4v) is 3.22. The maximum Gasteiger partial charge on any atom is 0.387 e. The number of carbonyl (C=O) groups excluding carboxylic acids is 1. The van der Waals surface area contributed by atoms with Gasteiger partial charge in [-0.05, 0) is 62.1 Å². The lowest BCUT2D eigenvalue weighted by Crippen LogP contribution is -2.05. The molecule has 1 aromatic heterocycles. The molecule has 0 bridgehead atoms. The van der Waals surface area contributed by atoms with Gasteiger partial charge in [-0.2, -0.15) is 8.78 Å². The van der Waals surface area contributed by atoms with E-state index >= 15 is 0 Å². The molecule has 0 radical (unpaired) electrons. The summed E-state index contributed by atoms with van der Waals surface area (Å²) in [6, 6.07) is 7.04. The smallest absolute Gasteiger partial charge is 0.387 e. The molecule has 1 heterocycles. The number of hydrogen-bond acceptors (Lipinski definition) is 4. The van der Waals surface area contributed by atoms with Crippen LogP contribution < -0.4 is 9.47 Å². The number of rotatable bonds is 8. The Morgan fingerprint density at radius 3 is 2.64 bits per heavy atom. The maximum absolute atomic E-state index is 12.4. The van der Waals surface area contributed by atoms with Gasteiger partial charge in [0, 0.05) is 23.5 Å². The van der Waals surface area contributed by atoms with Crippen molar-refractivity contribution in [3.05, 3.63) is 52.9 Å². The second kappa shape index (κ2) is 8.46. The first-order valence-electron chi connectivity index (χ1n) is 9.04. The summed E-state index contributed by atoms with van der Waals surface area (Å²) in [5, 5.41) is 0. The number of hydrogen-bond donors (Lipinski definition) is 0. The topological polar surface area (TPSA) is 49.7 Å². The maximum atomic E-state index is 12.4. The molecule has 3 rings (SSSR count). The first-order chi connectivity index (χ1) is 13.4. The fraction of sp³-hybridized carbons (Fsp3) is 0.381. The van der Waals surface area contributed by atoms with Crippen molar-refractivity contribution in [1.29, 1.82) is 0 Å². The summed E-state index contributed by atoms with van der Waals surface area (Å²) in [4.78, 5) is 12.0. The number of aryl methyl sites for hydroxylation is 1. The predicted molar refractivity (Wildman–Crippen MR) is 101 cm³/mol. The van der Waals surface area contributed by atoms with E-state index in [-0.39, 0.29) is 18.1 Å². The third-order valence-corrected chi connectivity index (χ3v) is 4.66. The van der Waals surface area contributed by atoms with Crippen LogP contribution in [0.2, 0.25) is 0 Å². The molecule has 1 aromatic carbocycles. The Morgan fingerprint density at radius 2 is 2.00 bits per heavy atom. The third kappa shape index (κ3) is 4.71. The molecule has 0 atom stereocenters. The van der Waals surface area contributed by atoms with Crippen LogP contribution in [0.3, 0.4) is 0 Å². The molecule has 5 nitrogen and oxygen atoms in total. The van der Waals surface area contributed by atoms with Crippen molar-refractivity contribution in [1.82, 2.24) is 4.57 Å². The van der Waals surface area contributed by atoms with Crippen molar-refractivity contribution < 1.29 is 27.8 Å². The van der Waals surface area contributed by atoms with E-state index in [1.807, 2.05) is 6.92 Å². The van der Waals surface area contributed by atoms with Crippen LogP contribution in [0, 0.1) is 13.8 Å². The van der Waals surface area contributed by atoms with E-state index in [1.165, 1.54) is 43.9 Å². The number of ether oxygens (including phenoxy) is 3. The quantitative estimate of drug-likeness (QED) is 0.479. The fourth-order valence-electron chi connectivity index (χ4n) is 3.22. The summed E-state index contributed by atoms with van der Waals surface area (Å²) in [5.41, 5.74) is 3.93. The van der Waals surface area contributed by atoms with Gasteiger partial charge in [0.25, 0.3) is 0 Å². The molecule has 150 valence electrons. The Balaban J connectivity index is 1.60. The minimum absolute atomic E-state index is 0.00438. The molecule has 0 N–H and O–H groups in total. The number of methoxy groups -OCH3 is 1. The van der Waals surface area contributed by atoms with Gasteiger partial charge in [0.15, 0.2) is 11.5 Å². The van der Waals surface area contributed by atoms with E-state index in [4.69, 9.17) is 9.47 Å². The Kier molecular flexibility index (Phi) is 6.02. The summed E-state index contributed by atoms with van der Waals surface area (Å²) in [6.07, 6.45) is 5.55. The molecular weight excluding hydrogens is 368 g/mol. The van der Waals surface area contributed by atoms with Crippen molar-refractivity contribution in [2.45, 2.75) is 45.9 Å². The molecule has 0 amide bonds. The van der Waals surface area contributed by atoms with Gasteiger partial charge >= 0.3 is 12.6 Å². The minimum atomic E-state index is -2.94. The molecule has 1 fully saturated rings. The number of nitrogens with zero attached hydrogens (tertiary/aromatic N) is 1. The van der Waals surface area contributed by atoms with E-state index < -0.39 is 12.6 Å². The molecule has 1 saturated carbocycles. The van der Waals surface area contributed by atoms with E-state index in [0.29, 0.717) is 11.6 Å². The Labute approximate surface area is 162 Å². The zero-order chi connectivity index (χ0) is 20.3. The summed E-state index contributed by atoms with van der Waals surface area (Å²) < 4.78 is 41.7. The normalized spacial score (nSPS) is 13.9. The highest BCUT2D eigenvalue weighted by Crippen LogP contribution is 2.38. The molecule has 0 unspecified atom stereocenters. The van der Waals surface area contributed by atoms with Crippen LogP contribution in [0.4, 0.5) is 8.78 Å². The van der Waals surface area contributed by atoms with Gasteiger partial charge in [0.1, 0.15) is 6.61 Å². The summed E-state index contributed by atoms with van der Waals surface area (Å²) >= 11 is 0. The van der Waals surface area contributed by atoms with Gasteiger partial charge < -0.3 is 18.8 Å². The molecule has 1 aliphatic rings. The average molecular weight is 391 g/mol. The highest BCUT2D eigenvalue weighted by Gasteiger charge is 2.26. The molecule has 0 saturated heterocycles. The summed E-state index contributed by atoms with van der Waals surface area (Å²) in [5.74, 6) is -0.404. The molecule has 1 aliphatic carbocycles. The summed E-state index contributed by atoms with van der Waals surface area (Å²) in [7, 11) is 1.35. The van der Waals surface area contributed by atoms with Crippen LogP contribution in [-0.2, 0) is 16.1 Å². The summed E-state index contributed by atoms with van der Waals surface area (Å²) in [6.45, 7) is 1.17. The van der Waals surface area contributed by atoms with Crippen molar-refractivity contribution in [2.75, 3.05) is 7.11 Å². The van der Waals surface area contributed by atoms with E-state index in [9.17, 15) is 13.6 Å². The lowest BCUT2D eigenvalue weighted by molar-refractivity contribution is -0.138. The number of esters is 1. The predicted octanol–water partition coefficient (Wildman–Crippen LogP) is 4.81. The van der Waals surface area contributed by atoms with Crippen LogP contribution in [0.1, 0.15) is 41.4 Å². The Bertz CT molecular complexity index is 885. The van der Waals surface area contributed by atoms with Crippen LogP contribution in [0.25, 0.3) is 6.08 Å². The number of alkyl halides is 2. The van der Waals surface area contributed by atoms with Crippen molar-refractivity contribution >= 4 is 12.0 Å². The molecule has 2 aromatic rings. The van der Waals surface area contributed by atoms with E-state index in [0.717, 1.165) is 11.3 Å². The molecule has 7 heteroatoms. The number of benzene rings is 1. The number of carbonyl (C=O) groups is 1. The van der Waals surface area contributed by atoms with Crippen molar-refractivity contribution in [3.63, 3.8) is 0 Å². The second-order valence-corrected chi connectivity index (χ2v) is 6.73. The van der Waals surface area contributed by atoms with Crippen LogP contribution in [-0.4, -0.2) is 24.3 Å². The zero-order valence-corrected chi connectivity index (χ0v) is 16.1. The van der Waals surface area contributed by atoms with Crippen molar-refractivity contribution in [2.24, 2.45) is 0 Å². The first-order valence-corrected chi connectivity index (χ1v) is 9.04. The molecule has 0 aliphatic heterocycles. The molecule has 28 heavy (non-hydrogen) atoms. The second-order valence-electron chi connectivity index (χ2n) is 6.73. The van der Waals surface area contributed by atoms with Crippen LogP contribution >= 0.6 is 0 Å². The van der Waals surface area contributed by atoms with E-state index in [1.54, 1.807) is 12.1 Å². The largest absolute Gasteiger partial charge is 0.493 e. The zero-order valence-electron chi connectivity index (χ0n) is 16.1. The third-order valence-electron chi connectivity index (χ3n) is 4.66. The Morgan fingerprint density at radius 1 is 1.25 bits per heavy atom. The number of aromatic nitrogens is 1. The molecular formula is C21H23F2NO4. The first kappa shape index (κ1) is 19.9. The molecule has 0 spiro atoms. The SMILES string of the molecule is COc1cc(COC(=O)/C=C/c2cc(C)n(C3CC3)c2C)ccc1OC(F)F. The van der Waals surface area contributed by atoms with Gasteiger partial charge in [-0.15, -0.1) is 0 Å². The lowest BCUT2D eigenvalue weighted by atomic mass is 10.2. The minimum Gasteiger partial charge on any atom is -0.493 e. The van der Waals surface area contributed by atoms with Crippen LogP contribution in [0.5, 0.6) is 11.5 Å². The van der Waals surface area contributed by atoms with E-state index in [2.05, 4.69) is 22.3 Å². The van der Waals surface area contributed by atoms with Gasteiger partial charge in [-0.1, -0.05) is 6.07 Å². The standard InChI is InChI=1S/C21H23F2NO4/c1-13-10-16(14(2)24(13)17-6-7-17)5-9-20(25)27-12-15-4-8-18(28-21(22)23)19(11-15)26-3/h4-5,8-11,17,21H,6-7,12H2,1-3H3/b9-5+. The van der Waals surface area contributed by atoms with Gasteiger partial charge in [-0.3, -0.25) is 0 Å². The highest BCUT2D eigenvalue weighted by molar-refractivity contribution is 5.87. The van der Waals surface area contributed by atoms with Crippen LogP contribution in [0.15, 0.2) is 30.3 Å². The van der Waals surface area contributed by atoms with Crippen molar-refractivity contribution in [3.8, 4) is 11.5 Å². The Hall–Kier alpha value is -2.83. The van der Waals surface area contributed by atoms with Gasteiger partial charge in [-0.25, -0.2) is 4.79 Å². The average Bonchev–Trinajstić information content (AvgIpc) is 3.44.